The monoisotopic (exact) mass is 318 g/mol. The minimum atomic E-state index is -0.250. The fourth-order valence-corrected chi connectivity index (χ4v) is 2.12. The number of methoxy groups -OCH3 is 1. The Bertz CT molecular complexity index is 628. The summed E-state index contributed by atoms with van der Waals surface area (Å²) in [5, 5.41) is 12.3. The van der Waals surface area contributed by atoms with Gasteiger partial charge in [-0.05, 0) is 37.6 Å². The van der Waals surface area contributed by atoms with Gasteiger partial charge in [0.1, 0.15) is 0 Å². The fourth-order valence-electron chi connectivity index (χ4n) is 2.12. The lowest BCUT2D eigenvalue weighted by Gasteiger charge is -2.17. The Kier molecular flexibility index (Phi) is 5.85. The number of nitrogens with zero attached hydrogens (tertiary/aromatic N) is 1. The number of amides is 2. The van der Waals surface area contributed by atoms with Crippen LogP contribution >= 0.6 is 0 Å². The van der Waals surface area contributed by atoms with E-state index in [1.165, 1.54) is 0 Å². The summed E-state index contributed by atoms with van der Waals surface area (Å²) in [5.74, 6) is 1.34. The Morgan fingerprint density at radius 3 is 2.83 bits per heavy atom. The zero-order valence-electron chi connectivity index (χ0n) is 13.6. The normalized spacial score (nSPS) is 11.6. The molecule has 3 N–H and O–H groups in total. The Labute approximate surface area is 135 Å². The molecule has 0 aliphatic heterocycles. The van der Waals surface area contributed by atoms with Crippen molar-refractivity contribution in [2.75, 3.05) is 13.7 Å². The second-order valence-corrected chi connectivity index (χ2v) is 4.97. The molecule has 0 saturated heterocycles. The van der Waals surface area contributed by atoms with Gasteiger partial charge in [-0.1, -0.05) is 6.07 Å². The average molecular weight is 318 g/mol. The van der Waals surface area contributed by atoms with Crippen LogP contribution in [0.5, 0.6) is 11.5 Å². The SMILES string of the molecule is CCOc1ccc([C@@H](C)NC(=O)NCc2ccn[nH]2)cc1OC. The molecular weight excluding hydrogens is 296 g/mol. The first kappa shape index (κ1) is 16.7. The molecule has 0 fully saturated rings. The first-order valence-electron chi connectivity index (χ1n) is 7.47. The number of carbonyl (C=O) groups excluding carboxylic acids is 1. The van der Waals surface area contributed by atoms with Gasteiger partial charge in [-0.25, -0.2) is 4.79 Å². The third-order valence-corrected chi connectivity index (χ3v) is 3.33. The maximum absolute atomic E-state index is 11.9. The summed E-state index contributed by atoms with van der Waals surface area (Å²) in [6.07, 6.45) is 1.64. The summed E-state index contributed by atoms with van der Waals surface area (Å²) < 4.78 is 10.8. The molecule has 0 bridgehead atoms. The van der Waals surface area contributed by atoms with Crippen molar-refractivity contribution in [3.05, 3.63) is 41.7 Å². The van der Waals surface area contributed by atoms with E-state index in [2.05, 4.69) is 20.8 Å². The summed E-state index contributed by atoms with van der Waals surface area (Å²) in [7, 11) is 1.59. The van der Waals surface area contributed by atoms with Gasteiger partial charge in [0.25, 0.3) is 0 Å². The van der Waals surface area contributed by atoms with Gasteiger partial charge < -0.3 is 20.1 Å². The van der Waals surface area contributed by atoms with Crippen LogP contribution in [0.4, 0.5) is 4.79 Å². The lowest BCUT2D eigenvalue weighted by atomic mass is 10.1. The molecule has 0 unspecified atom stereocenters. The lowest BCUT2D eigenvalue weighted by Crippen LogP contribution is -2.36. The van der Waals surface area contributed by atoms with Crippen LogP contribution in [0.2, 0.25) is 0 Å². The van der Waals surface area contributed by atoms with Crippen molar-refractivity contribution < 1.29 is 14.3 Å². The van der Waals surface area contributed by atoms with E-state index in [1.54, 1.807) is 19.4 Å². The van der Waals surface area contributed by atoms with Crippen LogP contribution in [-0.2, 0) is 6.54 Å². The zero-order chi connectivity index (χ0) is 16.7. The van der Waals surface area contributed by atoms with E-state index in [1.807, 2.05) is 32.0 Å². The van der Waals surface area contributed by atoms with E-state index in [0.717, 1.165) is 11.3 Å². The molecule has 1 aromatic carbocycles. The first-order valence-corrected chi connectivity index (χ1v) is 7.47. The number of ether oxygens (including phenoxy) is 2. The standard InChI is InChI=1S/C16H22N4O3/c1-4-23-14-6-5-12(9-15(14)22-3)11(2)19-16(21)17-10-13-7-8-18-20-13/h5-9,11H,4,10H2,1-3H3,(H,18,20)(H2,17,19,21)/t11-/m1/s1. The molecular formula is C16H22N4O3. The number of benzene rings is 1. The van der Waals surface area contributed by atoms with Crippen molar-refractivity contribution in [2.45, 2.75) is 26.4 Å². The molecule has 7 heteroatoms. The van der Waals surface area contributed by atoms with Crippen molar-refractivity contribution >= 4 is 6.03 Å². The van der Waals surface area contributed by atoms with Gasteiger partial charge in [0.2, 0.25) is 0 Å². The fraction of sp³-hybridized carbons (Fsp3) is 0.375. The minimum absolute atomic E-state index is 0.165. The Hall–Kier alpha value is -2.70. The van der Waals surface area contributed by atoms with Gasteiger partial charge in [-0.2, -0.15) is 5.10 Å². The summed E-state index contributed by atoms with van der Waals surface area (Å²) in [6.45, 7) is 4.79. The maximum atomic E-state index is 11.9. The number of nitrogens with one attached hydrogen (secondary N) is 3. The van der Waals surface area contributed by atoms with Crippen LogP contribution in [-0.4, -0.2) is 29.9 Å². The van der Waals surface area contributed by atoms with Crippen LogP contribution in [0.15, 0.2) is 30.5 Å². The van der Waals surface area contributed by atoms with Gasteiger partial charge in [0, 0.05) is 6.20 Å². The highest BCUT2D eigenvalue weighted by Gasteiger charge is 2.12. The molecule has 0 aliphatic rings. The Morgan fingerprint density at radius 2 is 2.17 bits per heavy atom. The highest BCUT2D eigenvalue weighted by molar-refractivity contribution is 5.74. The Balaban J connectivity index is 1.94. The topological polar surface area (TPSA) is 88.3 Å². The van der Waals surface area contributed by atoms with Crippen molar-refractivity contribution in [1.82, 2.24) is 20.8 Å². The quantitative estimate of drug-likeness (QED) is 0.731. The molecule has 0 aliphatic carbocycles. The van der Waals surface area contributed by atoms with Gasteiger partial charge in [-0.15, -0.1) is 0 Å². The lowest BCUT2D eigenvalue weighted by molar-refractivity contribution is 0.237. The van der Waals surface area contributed by atoms with Crippen molar-refractivity contribution in [1.29, 1.82) is 0 Å². The van der Waals surface area contributed by atoms with E-state index in [-0.39, 0.29) is 12.1 Å². The van der Waals surface area contributed by atoms with Crippen LogP contribution in [0, 0.1) is 0 Å². The van der Waals surface area contributed by atoms with Crippen LogP contribution in [0.25, 0.3) is 0 Å². The van der Waals surface area contributed by atoms with Gasteiger partial charge >= 0.3 is 6.03 Å². The van der Waals surface area contributed by atoms with Gasteiger partial charge in [-0.3, -0.25) is 5.10 Å². The molecule has 0 spiro atoms. The summed E-state index contributed by atoms with van der Waals surface area (Å²) in [6, 6.07) is 7.01. The predicted molar refractivity (Wildman–Crippen MR) is 86.5 cm³/mol. The number of H-pyrrole nitrogens is 1. The van der Waals surface area contributed by atoms with E-state index < -0.39 is 0 Å². The number of aromatic amines is 1. The van der Waals surface area contributed by atoms with Crippen LogP contribution in [0.3, 0.4) is 0 Å². The molecule has 124 valence electrons. The maximum Gasteiger partial charge on any atom is 0.315 e. The van der Waals surface area contributed by atoms with Crippen molar-refractivity contribution in [2.24, 2.45) is 0 Å². The third kappa shape index (κ3) is 4.64. The highest BCUT2D eigenvalue weighted by Crippen LogP contribution is 2.30. The largest absolute Gasteiger partial charge is 0.493 e. The van der Waals surface area contributed by atoms with Gasteiger partial charge in [0.15, 0.2) is 11.5 Å². The molecule has 1 aromatic heterocycles. The van der Waals surface area contributed by atoms with Crippen molar-refractivity contribution in [3.63, 3.8) is 0 Å². The second kappa shape index (κ2) is 8.07. The minimum Gasteiger partial charge on any atom is -0.493 e. The molecule has 2 aromatic rings. The predicted octanol–water partition coefficient (Wildman–Crippen LogP) is 2.38. The number of hydrogen-bond donors (Lipinski definition) is 3. The van der Waals surface area contributed by atoms with E-state index >= 15 is 0 Å². The van der Waals surface area contributed by atoms with E-state index in [9.17, 15) is 4.79 Å². The van der Waals surface area contributed by atoms with Crippen molar-refractivity contribution in [3.8, 4) is 11.5 Å². The molecule has 2 amide bonds. The number of urea groups is 1. The first-order chi connectivity index (χ1) is 11.1. The molecule has 0 saturated carbocycles. The second-order valence-electron chi connectivity index (χ2n) is 4.97. The van der Waals surface area contributed by atoms with Crippen LogP contribution < -0.4 is 20.1 Å². The molecule has 1 heterocycles. The van der Waals surface area contributed by atoms with E-state index in [4.69, 9.17) is 9.47 Å². The van der Waals surface area contributed by atoms with Gasteiger partial charge in [0.05, 0.1) is 32.0 Å². The summed E-state index contributed by atoms with van der Waals surface area (Å²) >= 11 is 0. The summed E-state index contributed by atoms with van der Waals surface area (Å²) in [5.41, 5.74) is 1.78. The number of aromatic nitrogens is 2. The van der Waals surface area contributed by atoms with Crippen LogP contribution in [0.1, 0.15) is 31.1 Å². The number of carbonyl (C=O) groups is 1. The molecule has 0 radical (unpaired) electrons. The van der Waals surface area contributed by atoms with E-state index in [0.29, 0.717) is 24.7 Å². The summed E-state index contributed by atoms with van der Waals surface area (Å²) in [4.78, 5) is 11.9. The molecule has 1 atom stereocenters. The molecule has 7 nitrogen and oxygen atoms in total. The average Bonchev–Trinajstić information content (AvgIpc) is 3.07. The highest BCUT2D eigenvalue weighted by atomic mass is 16.5. The number of rotatable bonds is 7. The third-order valence-electron chi connectivity index (χ3n) is 3.33. The number of hydrogen-bond acceptors (Lipinski definition) is 4. The molecule has 23 heavy (non-hydrogen) atoms. The molecule has 2 rings (SSSR count). The smallest absolute Gasteiger partial charge is 0.315 e. The zero-order valence-corrected chi connectivity index (χ0v) is 13.6. The Morgan fingerprint density at radius 1 is 1.35 bits per heavy atom.